The van der Waals surface area contributed by atoms with Crippen LogP contribution in [0.1, 0.15) is 32.6 Å². The first kappa shape index (κ1) is 12.6. The molecule has 1 aromatic heterocycles. The van der Waals surface area contributed by atoms with Crippen LogP contribution >= 0.6 is 15.9 Å². The zero-order valence-corrected chi connectivity index (χ0v) is 11.2. The van der Waals surface area contributed by atoms with Crippen molar-refractivity contribution in [3.05, 3.63) is 12.2 Å². The van der Waals surface area contributed by atoms with E-state index >= 15 is 0 Å². The zero-order valence-electron chi connectivity index (χ0n) is 9.65. The second-order valence-corrected chi connectivity index (χ2v) is 4.57. The molecule has 5 heteroatoms. The smallest absolute Gasteiger partial charge is 0.141 e. The van der Waals surface area contributed by atoms with Gasteiger partial charge in [-0.15, -0.1) is 0 Å². The van der Waals surface area contributed by atoms with Crippen molar-refractivity contribution < 1.29 is 0 Å². The number of aromatic nitrogens is 3. The standard InChI is InChI=1S/C10H19BrN4/c1-4-14(6-5-11)7-10-12-8-13-15(10)9(2)3/h8-9H,4-7H2,1-3H3. The predicted molar refractivity (Wildman–Crippen MR) is 65.2 cm³/mol. The summed E-state index contributed by atoms with van der Waals surface area (Å²) in [6, 6.07) is 0.380. The van der Waals surface area contributed by atoms with Gasteiger partial charge in [-0.2, -0.15) is 5.10 Å². The molecule has 0 aromatic carbocycles. The van der Waals surface area contributed by atoms with Gasteiger partial charge in [-0.05, 0) is 20.4 Å². The third-order valence-electron chi connectivity index (χ3n) is 2.35. The van der Waals surface area contributed by atoms with Gasteiger partial charge in [0, 0.05) is 17.9 Å². The Bertz CT molecular complexity index is 285. The molecule has 0 atom stereocenters. The number of halogens is 1. The molecular weight excluding hydrogens is 256 g/mol. The van der Waals surface area contributed by atoms with Gasteiger partial charge in [0.1, 0.15) is 12.2 Å². The summed E-state index contributed by atoms with van der Waals surface area (Å²) < 4.78 is 1.98. The third-order valence-corrected chi connectivity index (χ3v) is 2.70. The molecule has 0 bridgehead atoms. The van der Waals surface area contributed by atoms with Crippen molar-refractivity contribution in [2.75, 3.05) is 18.4 Å². The van der Waals surface area contributed by atoms with E-state index < -0.39 is 0 Å². The second kappa shape index (κ2) is 6.23. The Kier molecular flexibility index (Phi) is 5.25. The fourth-order valence-electron chi connectivity index (χ4n) is 1.49. The fourth-order valence-corrected chi connectivity index (χ4v) is 1.99. The van der Waals surface area contributed by atoms with Crippen molar-refractivity contribution in [2.45, 2.75) is 33.4 Å². The van der Waals surface area contributed by atoms with Crippen LogP contribution in [-0.2, 0) is 6.54 Å². The maximum Gasteiger partial charge on any atom is 0.141 e. The summed E-state index contributed by atoms with van der Waals surface area (Å²) >= 11 is 3.46. The molecule has 15 heavy (non-hydrogen) atoms. The van der Waals surface area contributed by atoms with E-state index in [-0.39, 0.29) is 0 Å². The van der Waals surface area contributed by atoms with E-state index in [0.29, 0.717) is 6.04 Å². The SMILES string of the molecule is CCN(CCBr)Cc1ncnn1C(C)C. The molecule has 0 unspecified atom stereocenters. The molecule has 0 saturated carbocycles. The van der Waals surface area contributed by atoms with Gasteiger partial charge in [0.15, 0.2) is 0 Å². The van der Waals surface area contributed by atoms with Crippen LogP contribution in [0.2, 0.25) is 0 Å². The molecule has 0 radical (unpaired) electrons. The summed E-state index contributed by atoms with van der Waals surface area (Å²) in [7, 11) is 0. The molecule has 86 valence electrons. The monoisotopic (exact) mass is 274 g/mol. The lowest BCUT2D eigenvalue weighted by molar-refractivity contribution is 0.281. The minimum atomic E-state index is 0.380. The maximum atomic E-state index is 4.30. The minimum Gasteiger partial charge on any atom is -0.295 e. The van der Waals surface area contributed by atoms with E-state index in [0.717, 1.165) is 30.8 Å². The molecule has 1 rings (SSSR count). The van der Waals surface area contributed by atoms with Crippen LogP contribution in [0.4, 0.5) is 0 Å². The summed E-state index contributed by atoms with van der Waals surface area (Å²) in [6.07, 6.45) is 1.64. The van der Waals surface area contributed by atoms with Gasteiger partial charge in [0.05, 0.1) is 6.54 Å². The third kappa shape index (κ3) is 3.57. The van der Waals surface area contributed by atoms with Crippen molar-refractivity contribution in [3.8, 4) is 0 Å². The zero-order chi connectivity index (χ0) is 11.3. The summed E-state index contributed by atoms with van der Waals surface area (Å²) in [5, 5.41) is 5.23. The number of rotatable bonds is 6. The average molecular weight is 275 g/mol. The van der Waals surface area contributed by atoms with Crippen LogP contribution in [0.15, 0.2) is 6.33 Å². The molecule has 0 aliphatic heterocycles. The van der Waals surface area contributed by atoms with E-state index in [2.05, 4.69) is 51.7 Å². The Balaban J connectivity index is 2.65. The first-order valence-electron chi connectivity index (χ1n) is 5.35. The molecular formula is C10H19BrN4. The highest BCUT2D eigenvalue weighted by Gasteiger charge is 2.10. The summed E-state index contributed by atoms with van der Waals surface area (Å²) in [5.74, 6) is 1.05. The quantitative estimate of drug-likeness (QED) is 0.745. The predicted octanol–water partition coefficient (Wildman–Crippen LogP) is 2.08. The van der Waals surface area contributed by atoms with Gasteiger partial charge in [0.25, 0.3) is 0 Å². The highest BCUT2D eigenvalue weighted by atomic mass is 79.9. The van der Waals surface area contributed by atoms with Gasteiger partial charge in [-0.25, -0.2) is 9.67 Å². The molecule has 0 spiro atoms. The first-order chi connectivity index (χ1) is 7.19. The van der Waals surface area contributed by atoms with E-state index in [1.54, 1.807) is 6.33 Å². The molecule has 4 nitrogen and oxygen atoms in total. The van der Waals surface area contributed by atoms with Crippen molar-refractivity contribution in [1.82, 2.24) is 19.7 Å². The van der Waals surface area contributed by atoms with Gasteiger partial charge in [-0.1, -0.05) is 22.9 Å². The number of alkyl halides is 1. The summed E-state index contributed by atoms with van der Waals surface area (Å²) in [6.45, 7) is 9.37. The van der Waals surface area contributed by atoms with Gasteiger partial charge < -0.3 is 0 Å². The molecule has 0 saturated heterocycles. The normalized spacial score (nSPS) is 11.6. The topological polar surface area (TPSA) is 34.0 Å². The van der Waals surface area contributed by atoms with Crippen LogP contribution in [0.25, 0.3) is 0 Å². The van der Waals surface area contributed by atoms with Crippen molar-refractivity contribution in [1.29, 1.82) is 0 Å². The van der Waals surface area contributed by atoms with Gasteiger partial charge in [-0.3, -0.25) is 4.90 Å². The van der Waals surface area contributed by atoms with Crippen molar-refractivity contribution in [2.24, 2.45) is 0 Å². The lowest BCUT2D eigenvalue weighted by Gasteiger charge is -2.19. The molecule has 0 fully saturated rings. The van der Waals surface area contributed by atoms with Crippen LogP contribution in [0.3, 0.4) is 0 Å². The van der Waals surface area contributed by atoms with Crippen LogP contribution in [-0.4, -0.2) is 38.1 Å². The largest absolute Gasteiger partial charge is 0.295 e. The first-order valence-corrected chi connectivity index (χ1v) is 6.47. The Morgan fingerprint density at radius 3 is 2.80 bits per heavy atom. The maximum absolute atomic E-state index is 4.30. The van der Waals surface area contributed by atoms with E-state index in [1.807, 2.05) is 4.68 Å². The van der Waals surface area contributed by atoms with Crippen LogP contribution < -0.4 is 0 Å². The fraction of sp³-hybridized carbons (Fsp3) is 0.800. The highest BCUT2D eigenvalue weighted by Crippen LogP contribution is 2.07. The second-order valence-electron chi connectivity index (χ2n) is 3.77. The Morgan fingerprint density at radius 2 is 2.27 bits per heavy atom. The molecule has 0 aliphatic rings. The Hall–Kier alpha value is -0.420. The van der Waals surface area contributed by atoms with E-state index in [9.17, 15) is 0 Å². The minimum absolute atomic E-state index is 0.380. The highest BCUT2D eigenvalue weighted by molar-refractivity contribution is 9.09. The van der Waals surface area contributed by atoms with E-state index in [4.69, 9.17) is 0 Å². The van der Waals surface area contributed by atoms with Crippen molar-refractivity contribution in [3.63, 3.8) is 0 Å². The Labute approximate surface area is 99.8 Å². The number of hydrogen-bond acceptors (Lipinski definition) is 3. The number of nitrogens with zero attached hydrogens (tertiary/aromatic N) is 4. The number of hydrogen-bond donors (Lipinski definition) is 0. The molecule has 0 aliphatic carbocycles. The van der Waals surface area contributed by atoms with Crippen molar-refractivity contribution >= 4 is 15.9 Å². The lowest BCUT2D eigenvalue weighted by Crippen LogP contribution is -2.27. The molecule has 0 amide bonds. The Morgan fingerprint density at radius 1 is 1.53 bits per heavy atom. The molecule has 1 heterocycles. The van der Waals surface area contributed by atoms with Gasteiger partial charge in [0.2, 0.25) is 0 Å². The molecule has 0 N–H and O–H groups in total. The summed E-state index contributed by atoms with van der Waals surface area (Å²) in [4.78, 5) is 6.65. The average Bonchev–Trinajstić information content (AvgIpc) is 2.65. The lowest BCUT2D eigenvalue weighted by atomic mass is 10.4. The molecule has 1 aromatic rings. The van der Waals surface area contributed by atoms with Gasteiger partial charge >= 0.3 is 0 Å². The van der Waals surface area contributed by atoms with E-state index in [1.165, 1.54) is 0 Å². The van der Waals surface area contributed by atoms with Crippen LogP contribution in [0, 0.1) is 0 Å². The van der Waals surface area contributed by atoms with Crippen LogP contribution in [0.5, 0.6) is 0 Å². The summed E-state index contributed by atoms with van der Waals surface area (Å²) in [5.41, 5.74) is 0.